The summed E-state index contributed by atoms with van der Waals surface area (Å²) in [5.41, 5.74) is -0.771. The molecule has 0 bridgehead atoms. The third-order valence-electron chi connectivity index (χ3n) is 2.75. The van der Waals surface area contributed by atoms with Crippen molar-refractivity contribution in [1.29, 1.82) is 0 Å². The van der Waals surface area contributed by atoms with Crippen molar-refractivity contribution >= 4 is 0 Å². The number of aliphatic hydroxyl groups is 1. The zero-order chi connectivity index (χ0) is 9.15. The first-order valence-corrected chi connectivity index (χ1v) is 4.89. The monoisotopic (exact) mass is 181 g/mol. The van der Waals surface area contributed by atoms with Gasteiger partial charge in [-0.05, 0) is 25.7 Å². The lowest BCUT2D eigenvalue weighted by atomic mass is 10.1. The molecule has 1 fully saturated rings. The van der Waals surface area contributed by atoms with Gasteiger partial charge < -0.3 is 5.11 Å². The van der Waals surface area contributed by atoms with Crippen molar-refractivity contribution in [1.82, 2.24) is 14.8 Å². The van der Waals surface area contributed by atoms with E-state index >= 15 is 0 Å². The Morgan fingerprint density at radius 3 is 2.38 bits per heavy atom. The van der Waals surface area contributed by atoms with Gasteiger partial charge >= 0.3 is 0 Å². The van der Waals surface area contributed by atoms with Gasteiger partial charge in [0.25, 0.3) is 0 Å². The molecule has 0 amide bonds. The Morgan fingerprint density at radius 2 is 1.85 bits per heavy atom. The van der Waals surface area contributed by atoms with Crippen LogP contribution in [0.4, 0.5) is 0 Å². The standard InChI is InChI=1S/C9H15N3O/c13-9(12-8-10-7-11-12)5-3-1-2-4-6-9/h7-8,13H,1-6H2. The molecule has 0 aromatic carbocycles. The first kappa shape index (κ1) is 8.69. The topological polar surface area (TPSA) is 50.9 Å². The van der Waals surface area contributed by atoms with E-state index in [1.807, 2.05) is 0 Å². The van der Waals surface area contributed by atoms with E-state index in [1.165, 1.54) is 19.2 Å². The molecule has 4 heteroatoms. The maximum Gasteiger partial charge on any atom is 0.159 e. The third-order valence-corrected chi connectivity index (χ3v) is 2.75. The number of hydrogen-bond acceptors (Lipinski definition) is 3. The zero-order valence-electron chi connectivity index (χ0n) is 7.69. The van der Waals surface area contributed by atoms with Crippen molar-refractivity contribution < 1.29 is 5.11 Å². The van der Waals surface area contributed by atoms with Gasteiger partial charge in [0.15, 0.2) is 5.72 Å². The largest absolute Gasteiger partial charge is 0.369 e. The van der Waals surface area contributed by atoms with Gasteiger partial charge in [0.05, 0.1) is 0 Å². The molecule has 0 atom stereocenters. The van der Waals surface area contributed by atoms with Gasteiger partial charge in [-0.15, -0.1) is 0 Å². The minimum absolute atomic E-state index is 0.771. The highest BCUT2D eigenvalue weighted by Crippen LogP contribution is 2.29. The molecule has 1 aromatic rings. The van der Waals surface area contributed by atoms with E-state index in [4.69, 9.17) is 0 Å². The van der Waals surface area contributed by atoms with Crippen LogP contribution >= 0.6 is 0 Å². The second-order valence-corrected chi connectivity index (χ2v) is 3.74. The molecule has 1 saturated carbocycles. The predicted octanol–water partition coefficient (Wildman–Crippen LogP) is 1.28. The summed E-state index contributed by atoms with van der Waals surface area (Å²) in [5.74, 6) is 0. The first-order chi connectivity index (χ1) is 6.31. The Kier molecular flexibility index (Phi) is 2.31. The quantitative estimate of drug-likeness (QED) is 0.664. The molecule has 1 aromatic heterocycles. The molecule has 0 unspecified atom stereocenters. The number of nitrogens with zero attached hydrogens (tertiary/aromatic N) is 3. The highest BCUT2D eigenvalue weighted by molar-refractivity contribution is 4.77. The summed E-state index contributed by atoms with van der Waals surface area (Å²) in [6.07, 6.45) is 9.28. The lowest BCUT2D eigenvalue weighted by Gasteiger charge is -2.26. The molecule has 4 nitrogen and oxygen atoms in total. The third kappa shape index (κ3) is 1.72. The molecular weight excluding hydrogens is 166 g/mol. The molecule has 1 N–H and O–H groups in total. The van der Waals surface area contributed by atoms with Crippen LogP contribution in [0, 0.1) is 0 Å². The minimum atomic E-state index is -0.771. The zero-order valence-corrected chi connectivity index (χ0v) is 7.69. The van der Waals surface area contributed by atoms with E-state index in [0.717, 1.165) is 25.7 Å². The Bertz CT molecular complexity index is 250. The predicted molar refractivity (Wildman–Crippen MR) is 47.9 cm³/mol. The van der Waals surface area contributed by atoms with Crippen molar-refractivity contribution in [2.24, 2.45) is 0 Å². The van der Waals surface area contributed by atoms with E-state index in [2.05, 4.69) is 10.1 Å². The average molecular weight is 181 g/mol. The van der Waals surface area contributed by atoms with Crippen LogP contribution in [0.1, 0.15) is 38.5 Å². The lowest BCUT2D eigenvalue weighted by molar-refractivity contribution is -0.0627. The van der Waals surface area contributed by atoms with Gasteiger partial charge in [-0.2, -0.15) is 5.10 Å². The van der Waals surface area contributed by atoms with Crippen LogP contribution in [-0.4, -0.2) is 19.9 Å². The summed E-state index contributed by atoms with van der Waals surface area (Å²) in [5, 5.41) is 14.3. The SMILES string of the molecule is OC1(n2cncn2)CCCCCC1. The van der Waals surface area contributed by atoms with Crippen molar-refractivity contribution in [3.8, 4) is 0 Å². The summed E-state index contributed by atoms with van der Waals surface area (Å²) in [6.45, 7) is 0. The molecule has 1 aliphatic rings. The molecule has 0 aliphatic heterocycles. The molecular formula is C9H15N3O. The van der Waals surface area contributed by atoms with Crippen molar-refractivity contribution in [3.05, 3.63) is 12.7 Å². The fourth-order valence-electron chi connectivity index (χ4n) is 1.95. The highest BCUT2D eigenvalue weighted by Gasteiger charge is 2.30. The summed E-state index contributed by atoms with van der Waals surface area (Å²) < 4.78 is 1.60. The van der Waals surface area contributed by atoms with Gasteiger partial charge in [0.2, 0.25) is 0 Å². The summed E-state index contributed by atoms with van der Waals surface area (Å²) in [6, 6.07) is 0. The van der Waals surface area contributed by atoms with Gasteiger partial charge in [-0.3, -0.25) is 0 Å². The Balaban J connectivity index is 2.17. The van der Waals surface area contributed by atoms with Gasteiger partial charge in [0, 0.05) is 0 Å². The summed E-state index contributed by atoms with van der Waals surface area (Å²) in [4.78, 5) is 3.87. The van der Waals surface area contributed by atoms with E-state index in [0.29, 0.717) is 0 Å². The van der Waals surface area contributed by atoms with Crippen LogP contribution in [0.15, 0.2) is 12.7 Å². The fraction of sp³-hybridized carbons (Fsp3) is 0.778. The molecule has 72 valence electrons. The van der Waals surface area contributed by atoms with E-state index in [-0.39, 0.29) is 0 Å². The van der Waals surface area contributed by atoms with Gasteiger partial charge in [-0.1, -0.05) is 12.8 Å². The molecule has 0 radical (unpaired) electrons. The maximum absolute atomic E-state index is 10.3. The number of hydrogen-bond donors (Lipinski definition) is 1. The van der Waals surface area contributed by atoms with Crippen molar-refractivity contribution in [2.45, 2.75) is 44.2 Å². The van der Waals surface area contributed by atoms with E-state index in [1.54, 1.807) is 11.0 Å². The summed E-state index contributed by atoms with van der Waals surface area (Å²) in [7, 11) is 0. The molecule has 1 heterocycles. The van der Waals surface area contributed by atoms with Crippen molar-refractivity contribution in [2.75, 3.05) is 0 Å². The van der Waals surface area contributed by atoms with Crippen LogP contribution < -0.4 is 0 Å². The maximum atomic E-state index is 10.3. The summed E-state index contributed by atoms with van der Waals surface area (Å²) >= 11 is 0. The van der Waals surface area contributed by atoms with Gasteiger partial charge in [0.1, 0.15) is 12.7 Å². The molecule has 13 heavy (non-hydrogen) atoms. The second kappa shape index (κ2) is 3.46. The van der Waals surface area contributed by atoms with E-state index < -0.39 is 5.72 Å². The number of aromatic nitrogens is 3. The number of rotatable bonds is 1. The van der Waals surface area contributed by atoms with Crippen LogP contribution in [0.2, 0.25) is 0 Å². The lowest BCUT2D eigenvalue weighted by Crippen LogP contribution is -2.33. The molecule has 0 saturated heterocycles. The van der Waals surface area contributed by atoms with Crippen LogP contribution in [0.5, 0.6) is 0 Å². The normalized spacial score (nSPS) is 22.5. The minimum Gasteiger partial charge on any atom is -0.369 e. The molecule has 0 spiro atoms. The van der Waals surface area contributed by atoms with Gasteiger partial charge in [-0.25, -0.2) is 9.67 Å². The molecule has 2 rings (SSSR count). The van der Waals surface area contributed by atoms with Crippen LogP contribution in [-0.2, 0) is 5.72 Å². The highest BCUT2D eigenvalue weighted by atomic mass is 16.3. The first-order valence-electron chi connectivity index (χ1n) is 4.89. The Labute approximate surface area is 77.6 Å². The molecule has 1 aliphatic carbocycles. The van der Waals surface area contributed by atoms with E-state index in [9.17, 15) is 5.11 Å². The van der Waals surface area contributed by atoms with Crippen LogP contribution in [0.3, 0.4) is 0 Å². The van der Waals surface area contributed by atoms with Crippen molar-refractivity contribution in [3.63, 3.8) is 0 Å². The Morgan fingerprint density at radius 1 is 1.15 bits per heavy atom. The average Bonchev–Trinajstić information content (AvgIpc) is 2.57. The fourth-order valence-corrected chi connectivity index (χ4v) is 1.95. The second-order valence-electron chi connectivity index (χ2n) is 3.74. The Hall–Kier alpha value is -0.900. The van der Waals surface area contributed by atoms with Crippen LogP contribution in [0.25, 0.3) is 0 Å². The smallest absolute Gasteiger partial charge is 0.159 e.